The summed E-state index contributed by atoms with van der Waals surface area (Å²) in [5.41, 5.74) is 0. The minimum absolute atomic E-state index is 0. The first-order chi connectivity index (χ1) is 2.64. The molecular formula is C3H4LiO3. The SMILES string of the molecule is CC(=O)C(=O)O.[Li]. The standard InChI is InChI=1S/C3H4O3.Li/c1-2(4)3(5)6;/h1H3,(H,5,6);. The van der Waals surface area contributed by atoms with Gasteiger partial charge in [-0.15, -0.1) is 0 Å². The van der Waals surface area contributed by atoms with Crippen LogP contribution in [0.2, 0.25) is 0 Å². The van der Waals surface area contributed by atoms with Gasteiger partial charge in [-0.25, -0.2) is 4.79 Å². The zero-order valence-electron chi connectivity index (χ0n) is 4.26. The molecule has 0 aliphatic rings. The summed E-state index contributed by atoms with van der Waals surface area (Å²) in [6, 6.07) is 0. The third-order valence-electron chi connectivity index (χ3n) is 0.301. The van der Waals surface area contributed by atoms with Crippen LogP contribution >= 0.6 is 0 Å². The molecule has 0 spiro atoms. The van der Waals surface area contributed by atoms with E-state index in [-0.39, 0.29) is 18.9 Å². The number of carbonyl (C=O) groups excluding carboxylic acids is 1. The number of hydrogen-bond acceptors (Lipinski definition) is 2. The van der Waals surface area contributed by atoms with Gasteiger partial charge in [0.05, 0.1) is 0 Å². The molecule has 7 heavy (non-hydrogen) atoms. The van der Waals surface area contributed by atoms with E-state index in [1.807, 2.05) is 0 Å². The number of aliphatic carboxylic acids is 1. The molecule has 0 saturated heterocycles. The fourth-order valence-corrected chi connectivity index (χ4v) is 0. The van der Waals surface area contributed by atoms with Crippen LogP contribution < -0.4 is 0 Å². The Morgan fingerprint density at radius 2 is 1.57 bits per heavy atom. The van der Waals surface area contributed by atoms with Crippen LogP contribution in [0.5, 0.6) is 0 Å². The first kappa shape index (κ1) is 9.88. The van der Waals surface area contributed by atoms with E-state index in [0.717, 1.165) is 6.92 Å². The van der Waals surface area contributed by atoms with Crippen LogP contribution in [0.15, 0.2) is 0 Å². The Hall–Kier alpha value is -0.263. The third kappa shape index (κ3) is 5.74. The van der Waals surface area contributed by atoms with Crippen molar-refractivity contribution in [2.75, 3.05) is 0 Å². The van der Waals surface area contributed by atoms with E-state index in [0.29, 0.717) is 0 Å². The second-order valence-corrected chi connectivity index (χ2v) is 0.861. The molecule has 0 unspecified atom stereocenters. The van der Waals surface area contributed by atoms with E-state index in [9.17, 15) is 9.59 Å². The van der Waals surface area contributed by atoms with Gasteiger partial charge in [-0.3, -0.25) is 4.79 Å². The van der Waals surface area contributed by atoms with Gasteiger partial charge < -0.3 is 5.11 Å². The minimum Gasteiger partial charge on any atom is -0.476 e. The van der Waals surface area contributed by atoms with Crippen LogP contribution in [0, 0.1) is 0 Å². The molecule has 0 saturated carbocycles. The Morgan fingerprint density at radius 3 is 1.57 bits per heavy atom. The molecule has 0 aromatic carbocycles. The van der Waals surface area contributed by atoms with Crippen molar-refractivity contribution in [3.05, 3.63) is 0 Å². The second kappa shape index (κ2) is 3.91. The average molecular weight is 95.0 g/mol. The summed E-state index contributed by atoms with van der Waals surface area (Å²) in [4.78, 5) is 18.9. The zero-order valence-corrected chi connectivity index (χ0v) is 4.26. The molecule has 3 nitrogen and oxygen atoms in total. The summed E-state index contributed by atoms with van der Waals surface area (Å²) < 4.78 is 0. The molecule has 0 aromatic heterocycles. The van der Waals surface area contributed by atoms with E-state index < -0.39 is 11.8 Å². The molecule has 0 fully saturated rings. The summed E-state index contributed by atoms with van der Waals surface area (Å²) in [5.74, 6) is -2.20. The molecule has 4 heteroatoms. The Kier molecular flexibility index (Phi) is 5.52. The van der Waals surface area contributed by atoms with Gasteiger partial charge in [0.25, 0.3) is 0 Å². The van der Waals surface area contributed by atoms with Gasteiger partial charge in [0.2, 0.25) is 5.78 Å². The zero-order chi connectivity index (χ0) is 5.15. The molecular weight excluding hydrogens is 91.0 g/mol. The van der Waals surface area contributed by atoms with Gasteiger partial charge in [-0.05, 0) is 0 Å². The summed E-state index contributed by atoms with van der Waals surface area (Å²) >= 11 is 0. The van der Waals surface area contributed by atoms with E-state index in [4.69, 9.17) is 5.11 Å². The number of Topliss-reactive ketones (excluding diaryl/α,β-unsaturated/α-hetero) is 1. The number of ketones is 1. The summed E-state index contributed by atoms with van der Waals surface area (Å²) in [7, 11) is 0. The van der Waals surface area contributed by atoms with Crippen molar-refractivity contribution >= 4 is 30.6 Å². The third-order valence-corrected chi connectivity index (χ3v) is 0.301. The molecule has 0 aliphatic carbocycles. The molecule has 35 valence electrons. The van der Waals surface area contributed by atoms with E-state index in [1.165, 1.54) is 0 Å². The van der Waals surface area contributed by atoms with Crippen LogP contribution in [-0.4, -0.2) is 35.7 Å². The van der Waals surface area contributed by atoms with Crippen molar-refractivity contribution < 1.29 is 14.7 Å². The largest absolute Gasteiger partial charge is 0.476 e. The fraction of sp³-hybridized carbons (Fsp3) is 0.333. The second-order valence-electron chi connectivity index (χ2n) is 0.861. The van der Waals surface area contributed by atoms with Gasteiger partial charge in [-0.2, -0.15) is 0 Å². The van der Waals surface area contributed by atoms with Gasteiger partial charge in [0.15, 0.2) is 0 Å². The molecule has 0 amide bonds. The molecule has 0 atom stereocenters. The molecule has 0 rings (SSSR count). The van der Waals surface area contributed by atoms with Crippen LogP contribution in [0.25, 0.3) is 0 Å². The van der Waals surface area contributed by atoms with Gasteiger partial charge in [-0.1, -0.05) is 0 Å². The van der Waals surface area contributed by atoms with E-state index in [2.05, 4.69) is 0 Å². The Balaban J connectivity index is 0. The number of rotatable bonds is 1. The molecule has 0 bridgehead atoms. The van der Waals surface area contributed by atoms with Crippen LogP contribution in [0.4, 0.5) is 0 Å². The Labute approximate surface area is 52.9 Å². The Morgan fingerprint density at radius 1 is 1.43 bits per heavy atom. The number of carboxylic acid groups (broad SMARTS) is 1. The maximum Gasteiger partial charge on any atom is 0.371 e. The minimum atomic E-state index is -1.38. The predicted octanol–water partition coefficient (Wildman–Crippen LogP) is -0.721. The number of carbonyl (C=O) groups is 2. The van der Waals surface area contributed by atoms with Crippen molar-refractivity contribution in [2.24, 2.45) is 0 Å². The Bertz CT molecular complexity index is 76.2. The average Bonchev–Trinajstić information content (AvgIpc) is 1.36. The van der Waals surface area contributed by atoms with Crippen LogP contribution in [0.3, 0.4) is 0 Å². The smallest absolute Gasteiger partial charge is 0.371 e. The summed E-state index contributed by atoms with van der Waals surface area (Å²) in [6.07, 6.45) is 0. The van der Waals surface area contributed by atoms with E-state index in [1.54, 1.807) is 0 Å². The van der Waals surface area contributed by atoms with Gasteiger partial charge in [0, 0.05) is 25.8 Å². The van der Waals surface area contributed by atoms with E-state index >= 15 is 0 Å². The fourth-order valence-electron chi connectivity index (χ4n) is 0. The maximum absolute atomic E-state index is 9.54. The monoisotopic (exact) mass is 95.0 g/mol. The topological polar surface area (TPSA) is 54.4 Å². The van der Waals surface area contributed by atoms with Gasteiger partial charge in [0.1, 0.15) is 0 Å². The first-order valence-corrected chi connectivity index (χ1v) is 1.38. The molecule has 0 aromatic rings. The van der Waals surface area contributed by atoms with Crippen molar-refractivity contribution in [1.29, 1.82) is 0 Å². The predicted molar refractivity (Wildman–Crippen MR) is 24.1 cm³/mol. The van der Waals surface area contributed by atoms with Crippen LogP contribution in [0.1, 0.15) is 6.92 Å². The maximum atomic E-state index is 9.54. The molecule has 1 N–H and O–H groups in total. The van der Waals surface area contributed by atoms with Crippen molar-refractivity contribution in [2.45, 2.75) is 6.92 Å². The molecule has 0 aliphatic heterocycles. The van der Waals surface area contributed by atoms with Crippen molar-refractivity contribution in [3.63, 3.8) is 0 Å². The van der Waals surface area contributed by atoms with Crippen molar-refractivity contribution in [1.82, 2.24) is 0 Å². The quantitative estimate of drug-likeness (QED) is 0.345. The first-order valence-electron chi connectivity index (χ1n) is 1.38. The summed E-state index contributed by atoms with van der Waals surface area (Å²) in [6.45, 7) is 1.00. The molecule has 1 radical (unpaired) electrons. The number of hydrogen-bond donors (Lipinski definition) is 1. The van der Waals surface area contributed by atoms with Crippen LogP contribution in [-0.2, 0) is 9.59 Å². The van der Waals surface area contributed by atoms with Crippen molar-refractivity contribution in [3.8, 4) is 0 Å². The molecule has 0 heterocycles. The number of carboxylic acids is 1. The normalized spacial score (nSPS) is 6.43. The van der Waals surface area contributed by atoms with Gasteiger partial charge >= 0.3 is 5.97 Å². The summed E-state index contributed by atoms with van der Waals surface area (Å²) in [5, 5.41) is 7.64.